The van der Waals surface area contributed by atoms with Gasteiger partial charge in [-0.15, -0.1) is 0 Å². The summed E-state index contributed by atoms with van der Waals surface area (Å²) >= 11 is 0. The zero-order chi connectivity index (χ0) is 10.1. The summed E-state index contributed by atoms with van der Waals surface area (Å²) in [7, 11) is 0. The molecule has 0 bridgehead atoms. The highest BCUT2D eigenvalue weighted by Gasteiger charge is 2.41. The van der Waals surface area contributed by atoms with Crippen LogP contribution in [0, 0.1) is 11.8 Å². The van der Waals surface area contributed by atoms with E-state index < -0.39 is 6.10 Å². The Kier molecular flexibility index (Phi) is 2.42. The lowest BCUT2D eigenvalue weighted by Gasteiger charge is -2.11. The van der Waals surface area contributed by atoms with Crippen molar-refractivity contribution in [2.24, 2.45) is 11.8 Å². The first-order valence-electron chi connectivity index (χ1n) is 4.92. The maximum Gasteiger partial charge on any atom is 0.330 e. The van der Waals surface area contributed by atoms with Crippen molar-refractivity contribution < 1.29 is 14.6 Å². The summed E-state index contributed by atoms with van der Waals surface area (Å²) in [6.45, 7) is 1.92. The third kappa shape index (κ3) is 2.04. The van der Waals surface area contributed by atoms with Gasteiger partial charge in [-0.1, -0.05) is 12.2 Å². The number of ether oxygens (including phenoxy) is 1. The first-order chi connectivity index (χ1) is 6.66. The molecule has 3 heteroatoms. The van der Waals surface area contributed by atoms with Crippen LogP contribution in [0.4, 0.5) is 0 Å². The maximum absolute atomic E-state index is 11.2. The molecule has 0 aromatic rings. The summed E-state index contributed by atoms with van der Waals surface area (Å²) in [5, 5.41) is 9.37. The molecule has 0 unspecified atom stereocenters. The fraction of sp³-hybridized carbons (Fsp3) is 0.545. The van der Waals surface area contributed by atoms with Gasteiger partial charge in [-0.2, -0.15) is 0 Å². The highest BCUT2D eigenvalue weighted by Crippen LogP contribution is 2.43. The van der Waals surface area contributed by atoms with Gasteiger partial charge in [0.05, 0.1) is 6.10 Å². The summed E-state index contributed by atoms with van der Waals surface area (Å²) < 4.78 is 5.16. The largest absolute Gasteiger partial charge is 0.459 e. The summed E-state index contributed by atoms with van der Waals surface area (Å²) in [6.07, 6.45) is 6.83. The van der Waals surface area contributed by atoms with Crippen molar-refractivity contribution in [2.45, 2.75) is 25.6 Å². The number of fused-ring (bicyclic) bond motifs is 1. The van der Waals surface area contributed by atoms with Crippen molar-refractivity contribution in [3.8, 4) is 0 Å². The number of carbonyl (C=O) groups excluding carboxylic acids is 1. The van der Waals surface area contributed by atoms with Gasteiger partial charge < -0.3 is 9.84 Å². The van der Waals surface area contributed by atoms with Gasteiger partial charge in [0.1, 0.15) is 6.10 Å². The molecule has 1 fully saturated rings. The lowest BCUT2D eigenvalue weighted by Crippen LogP contribution is -2.17. The fourth-order valence-corrected chi connectivity index (χ4v) is 1.80. The van der Waals surface area contributed by atoms with Crippen LogP contribution in [0.1, 0.15) is 13.3 Å². The first kappa shape index (κ1) is 9.46. The third-order valence-electron chi connectivity index (χ3n) is 2.78. The predicted octanol–water partition coefficient (Wildman–Crippen LogP) is 1.04. The lowest BCUT2D eigenvalue weighted by atomic mass is 10.1. The Morgan fingerprint density at radius 3 is 3.00 bits per heavy atom. The minimum Gasteiger partial charge on any atom is -0.459 e. The third-order valence-corrected chi connectivity index (χ3v) is 2.78. The van der Waals surface area contributed by atoms with E-state index in [1.54, 1.807) is 6.08 Å². The second kappa shape index (κ2) is 3.58. The number of esters is 1. The van der Waals surface area contributed by atoms with Crippen molar-refractivity contribution in [3.63, 3.8) is 0 Å². The Bertz CT molecular complexity index is 293. The molecule has 0 saturated heterocycles. The number of allylic oxidation sites excluding steroid dienone is 1. The van der Waals surface area contributed by atoms with Crippen molar-refractivity contribution in [1.82, 2.24) is 0 Å². The van der Waals surface area contributed by atoms with Gasteiger partial charge >= 0.3 is 5.97 Å². The maximum atomic E-state index is 11.2. The van der Waals surface area contributed by atoms with Gasteiger partial charge in [0.15, 0.2) is 0 Å². The van der Waals surface area contributed by atoms with Gasteiger partial charge in [0.25, 0.3) is 0 Å². The fourth-order valence-electron chi connectivity index (χ4n) is 1.80. The quantitative estimate of drug-likeness (QED) is 0.463. The molecule has 0 aromatic carbocycles. The van der Waals surface area contributed by atoms with E-state index in [9.17, 15) is 9.90 Å². The molecule has 3 nitrogen and oxygen atoms in total. The molecule has 1 N–H and O–H groups in total. The predicted molar refractivity (Wildman–Crippen MR) is 51.4 cm³/mol. The number of rotatable bonds is 0. The van der Waals surface area contributed by atoms with Crippen LogP contribution in [0.5, 0.6) is 0 Å². The molecule has 0 spiro atoms. The standard InChI is InChI=1S/C11H14O3/c1-7-10-6-8(10)2-3-9(12)4-5-11(13)14-7/h2-5,7-10,12H,6H2,1H3/b3-2-,5-4-/t7-,8+,9-,10+/m1/s1. The van der Waals surface area contributed by atoms with Crippen LogP contribution in [0.25, 0.3) is 0 Å². The zero-order valence-corrected chi connectivity index (χ0v) is 8.09. The van der Waals surface area contributed by atoms with Crippen LogP contribution in [0.3, 0.4) is 0 Å². The Morgan fingerprint density at radius 2 is 2.21 bits per heavy atom. The highest BCUT2D eigenvalue weighted by molar-refractivity contribution is 5.82. The molecule has 4 atom stereocenters. The molecular formula is C11H14O3. The van der Waals surface area contributed by atoms with Gasteiger partial charge in [-0.05, 0) is 25.3 Å². The van der Waals surface area contributed by atoms with Crippen LogP contribution in [-0.4, -0.2) is 23.3 Å². The minimum absolute atomic E-state index is 0.0166. The Labute approximate surface area is 83.1 Å². The van der Waals surface area contributed by atoms with E-state index in [-0.39, 0.29) is 12.1 Å². The van der Waals surface area contributed by atoms with E-state index in [0.717, 1.165) is 6.42 Å². The Morgan fingerprint density at radius 1 is 1.43 bits per heavy atom. The number of hydrogen-bond donors (Lipinski definition) is 1. The van der Waals surface area contributed by atoms with E-state index >= 15 is 0 Å². The smallest absolute Gasteiger partial charge is 0.330 e. The average Bonchev–Trinajstić information content (AvgIpc) is 2.89. The van der Waals surface area contributed by atoms with Crippen LogP contribution in [0.15, 0.2) is 24.3 Å². The number of carbonyl (C=O) groups is 1. The summed E-state index contributed by atoms with van der Waals surface area (Å²) in [5.74, 6) is 0.547. The van der Waals surface area contributed by atoms with Gasteiger partial charge in [-0.25, -0.2) is 4.79 Å². The number of hydrogen-bond acceptors (Lipinski definition) is 3. The molecule has 76 valence electrons. The summed E-state index contributed by atoms with van der Waals surface area (Å²) in [6, 6.07) is 0. The topological polar surface area (TPSA) is 46.5 Å². The van der Waals surface area contributed by atoms with Gasteiger partial charge in [-0.3, -0.25) is 0 Å². The molecule has 14 heavy (non-hydrogen) atoms. The lowest BCUT2D eigenvalue weighted by molar-refractivity contribution is -0.143. The second-order valence-electron chi connectivity index (χ2n) is 3.94. The number of aliphatic hydroxyl groups excluding tert-OH is 1. The van der Waals surface area contributed by atoms with E-state index in [2.05, 4.69) is 0 Å². The summed E-state index contributed by atoms with van der Waals surface area (Å²) in [5.41, 5.74) is 0. The second-order valence-corrected chi connectivity index (χ2v) is 3.94. The van der Waals surface area contributed by atoms with Gasteiger partial charge in [0, 0.05) is 12.0 Å². The molecule has 1 aliphatic heterocycles. The van der Waals surface area contributed by atoms with E-state index in [4.69, 9.17) is 4.74 Å². The van der Waals surface area contributed by atoms with Crippen LogP contribution < -0.4 is 0 Å². The monoisotopic (exact) mass is 194 g/mol. The average molecular weight is 194 g/mol. The van der Waals surface area contributed by atoms with E-state index in [0.29, 0.717) is 11.8 Å². The Hall–Kier alpha value is -1.09. The summed E-state index contributed by atoms with van der Waals surface area (Å²) in [4.78, 5) is 11.2. The van der Waals surface area contributed by atoms with Crippen LogP contribution in [0.2, 0.25) is 0 Å². The van der Waals surface area contributed by atoms with Crippen molar-refractivity contribution in [3.05, 3.63) is 24.3 Å². The Balaban J connectivity index is 2.11. The highest BCUT2D eigenvalue weighted by atomic mass is 16.5. The van der Waals surface area contributed by atoms with Crippen molar-refractivity contribution in [2.75, 3.05) is 0 Å². The van der Waals surface area contributed by atoms with Crippen molar-refractivity contribution in [1.29, 1.82) is 0 Å². The number of aliphatic hydroxyl groups is 1. The normalized spacial score (nSPS) is 46.0. The molecule has 1 heterocycles. The molecular weight excluding hydrogens is 180 g/mol. The zero-order valence-electron chi connectivity index (χ0n) is 8.09. The molecule has 1 aliphatic carbocycles. The minimum atomic E-state index is -0.669. The van der Waals surface area contributed by atoms with Crippen LogP contribution in [-0.2, 0) is 9.53 Å². The SMILES string of the molecule is C[C@H]1OC(=O)/C=C\[C@H](O)/C=C\[C@H]2C[C@H]21. The van der Waals surface area contributed by atoms with Gasteiger partial charge in [0.2, 0.25) is 0 Å². The molecule has 1 saturated carbocycles. The molecule has 2 aliphatic rings. The molecule has 2 rings (SSSR count). The van der Waals surface area contributed by atoms with Crippen molar-refractivity contribution >= 4 is 5.97 Å². The number of cyclic esters (lactones) is 1. The van der Waals surface area contributed by atoms with Crippen LogP contribution >= 0.6 is 0 Å². The molecule has 0 radical (unpaired) electrons. The molecule has 0 aromatic heterocycles. The van der Waals surface area contributed by atoms with E-state index in [1.165, 1.54) is 12.2 Å². The van der Waals surface area contributed by atoms with E-state index in [1.807, 2.05) is 13.0 Å². The first-order valence-corrected chi connectivity index (χ1v) is 4.92. The molecule has 0 amide bonds.